The van der Waals surface area contributed by atoms with Crippen LogP contribution in [-0.2, 0) is 0 Å². The third-order valence-electron chi connectivity index (χ3n) is 6.59. The molecule has 0 spiro atoms. The van der Waals surface area contributed by atoms with Crippen LogP contribution in [0, 0.1) is 22.7 Å². The van der Waals surface area contributed by atoms with Crippen molar-refractivity contribution in [3.63, 3.8) is 0 Å². The lowest BCUT2D eigenvalue weighted by Gasteiger charge is -2.45. The maximum absolute atomic E-state index is 2.65. The highest BCUT2D eigenvalue weighted by Crippen LogP contribution is 2.49. The number of hydrogen-bond acceptors (Lipinski definition) is 0. The van der Waals surface area contributed by atoms with Gasteiger partial charge in [0.2, 0.25) is 0 Å². The summed E-state index contributed by atoms with van der Waals surface area (Å²) in [5.74, 6) is 1.95. The summed E-state index contributed by atoms with van der Waals surface area (Å²) in [7, 11) is 0. The van der Waals surface area contributed by atoms with Gasteiger partial charge >= 0.3 is 0 Å². The van der Waals surface area contributed by atoms with Gasteiger partial charge in [0.15, 0.2) is 0 Å². The van der Waals surface area contributed by atoms with Crippen molar-refractivity contribution in [2.45, 2.75) is 105 Å². The molecule has 0 N–H and O–H groups in total. The first-order chi connectivity index (χ1) is 9.41. The van der Waals surface area contributed by atoms with Gasteiger partial charge in [-0.2, -0.15) is 0 Å². The van der Waals surface area contributed by atoms with E-state index in [-0.39, 0.29) is 0 Å². The average Bonchev–Trinajstić information content (AvgIpc) is 2.33. The van der Waals surface area contributed by atoms with E-state index in [1.807, 2.05) is 0 Å². The van der Waals surface area contributed by atoms with E-state index in [1.54, 1.807) is 0 Å². The molecule has 2 atom stereocenters. The largest absolute Gasteiger partial charge is 0.0625 e. The first-order valence-electron chi connectivity index (χ1n) is 9.41. The molecule has 0 radical (unpaired) electrons. The van der Waals surface area contributed by atoms with Crippen molar-refractivity contribution in [2.24, 2.45) is 22.7 Å². The van der Waals surface area contributed by atoms with Gasteiger partial charge in [-0.3, -0.25) is 0 Å². The van der Waals surface area contributed by atoms with Crippen LogP contribution in [0.15, 0.2) is 0 Å². The lowest BCUT2D eigenvalue weighted by Crippen LogP contribution is -2.34. The Hall–Kier alpha value is 0. The second-order valence-electron chi connectivity index (χ2n) is 9.21. The van der Waals surface area contributed by atoms with E-state index in [1.165, 1.54) is 77.0 Å². The Bertz CT molecular complexity index is 282. The zero-order valence-electron chi connectivity index (χ0n) is 14.6. The van der Waals surface area contributed by atoms with E-state index >= 15 is 0 Å². The number of hydrogen-bond donors (Lipinski definition) is 0. The van der Waals surface area contributed by atoms with E-state index in [0.717, 1.165) is 11.8 Å². The van der Waals surface area contributed by atoms with Crippen LogP contribution in [-0.4, -0.2) is 0 Å². The molecular formula is C20H38. The van der Waals surface area contributed by atoms with Gasteiger partial charge in [-0.05, 0) is 61.2 Å². The van der Waals surface area contributed by atoms with Crippen LogP contribution in [0.2, 0.25) is 0 Å². The summed E-state index contributed by atoms with van der Waals surface area (Å²) in [5, 5.41) is 0. The third kappa shape index (κ3) is 4.50. The summed E-state index contributed by atoms with van der Waals surface area (Å²) in [5.41, 5.74) is 1.21. The lowest BCUT2D eigenvalue weighted by molar-refractivity contribution is 0.0615. The van der Waals surface area contributed by atoms with Crippen LogP contribution in [0.25, 0.3) is 0 Å². The van der Waals surface area contributed by atoms with Gasteiger partial charge in [-0.15, -0.1) is 0 Å². The summed E-state index contributed by atoms with van der Waals surface area (Å²) in [4.78, 5) is 0. The van der Waals surface area contributed by atoms with Gasteiger partial charge < -0.3 is 0 Å². The molecule has 0 saturated heterocycles. The topological polar surface area (TPSA) is 0 Å². The van der Waals surface area contributed by atoms with Crippen molar-refractivity contribution in [1.82, 2.24) is 0 Å². The monoisotopic (exact) mass is 278 g/mol. The molecule has 118 valence electrons. The molecule has 20 heavy (non-hydrogen) atoms. The molecule has 0 aromatic rings. The van der Waals surface area contributed by atoms with Crippen molar-refractivity contribution in [2.75, 3.05) is 0 Å². The van der Waals surface area contributed by atoms with E-state index in [9.17, 15) is 0 Å². The second-order valence-corrected chi connectivity index (χ2v) is 9.21. The molecule has 0 aliphatic heterocycles. The first kappa shape index (κ1) is 16.4. The average molecular weight is 279 g/mol. The second kappa shape index (κ2) is 6.84. The maximum atomic E-state index is 2.65. The summed E-state index contributed by atoms with van der Waals surface area (Å²) < 4.78 is 0. The van der Waals surface area contributed by atoms with Crippen LogP contribution in [0.4, 0.5) is 0 Å². The van der Waals surface area contributed by atoms with Gasteiger partial charge in [0, 0.05) is 0 Å². The fourth-order valence-corrected chi connectivity index (χ4v) is 4.91. The Kier molecular flexibility index (Phi) is 5.60. The van der Waals surface area contributed by atoms with Gasteiger partial charge in [0.05, 0.1) is 0 Å². The molecule has 0 heterocycles. The molecule has 0 aromatic heterocycles. The highest BCUT2D eigenvalue weighted by Gasteiger charge is 2.38. The highest BCUT2D eigenvalue weighted by atomic mass is 14.4. The Balaban J connectivity index is 2.07. The molecule has 2 aliphatic carbocycles. The zero-order valence-corrected chi connectivity index (χ0v) is 14.6. The lowest BCUT2D eigenvalue weighted by atomic mass is 9.61. The highest BCUT2D eigenvalue weighted by molar-refractivity contribution is 4.89. The summed E-state index contributed by atoms with van der Waals surface area (Å²) >= 11 is 0. The van der Waals surface area contributed by atoms with Gasteiger partial charge in [0.1, 0.15) is 0 Å². The van der Waals surface area contributed by atoms with Crippen LogP contribution in [0.1, 0.15) is 105 Å². The third-order valence-corrected chi connectivity index (χ3v) is 6.59. The maximum Gasteiger partial charge on any atom is -0.0295 e. The van der Waals surface area contributed by atoms with Crippen LogP contribution in [0.5, 0.6) is 0 Å². The molecule has 2 saturated carbocycles. The summed E-state index contributed by atoms with van der Waals surface area (Å²) in [6.45, 7) is 10.2. The molecule has 2 aliphatic rings. The molecule has 0 heteroatoms. The van der Waals surface area contributed by atoms with Gasteiger partial charge in [-0.25, -0.2) is 0 Å². The van der Waals surface area contributed by atoms with Crippen molar-refractivity contribution >= 4 is 0 Å². The van der Waals surface area contributed by atoms with Gasteiger partial charge in [0.25, 0.3) is 0 Å². The van der Waals surface area contributed by atoms with Gasteiger partial charge in [-0.1, -0.05) is 66.2 Å². The van der Waals surface area contributed by atoms with Crippen molar-refractivity contribution < 1.29 is 0 Å². The van der Waals surface area contributed by atoms with Crippen LogP contribution >= 0.6 is 0 Å². The van der Waals surface area contributed by atoms with E-state index in [4.69, 9.17) is 0 Å². The molecule has 0 amide bonds. The predicted molar refractivity (Wildman–Crippen MR) is 89.9 cm³/mol. The molecular weight excluding hydrogens is 240 g/mol. The van der Waals surface area contributed by atoms with E-state index in [0.29, 0.717) is 10.8 Å². The minimum absolute atomic E-state index is 0.581. The normalized spacial score (nSPS) is 37.5. The van der Waals surface area contributed by atoms with Crippen LogP contribution in [0.3, 0.4) is 0 Å². The molecule has 2 rings (SSSR count). The van der Waals surface area contributed by atoms with Crippen LogP contribution < -0.4 is 0 Å². The summed E-state index contributed by atoms with van der Waals surface area (Å²) in [6.07, 6.45) is 17.8. The zero-order chi connectivity index (χ0) is 14.6. The SMILES string of the molecule is CC1CCC(C)(C)CCC(C)(C2CCCCCCC2)C1. The molecule has 0 aromatic carbocycles. The predicted octanol–water partition coefficient (Wildman–Crippen LogP) is 6.98. The first-order valence-corrected chi connectivity index (χ1v) is 9.41. The minimum atomic E-state index is 0.581. The molecule has 2 fully saturated rings. The Morgan fingerprint density at radius 2 is 1.30 bits per heavy atom. The quantitative estimate of drug-likeness (QED) is 0.485. The Morgan fingerprint density at radius 3 is 1.95 bits per heavy atom. The fraction of sp³-hybridized carbons (Fsp3) is 1.00. The van der Waals surface area contributed by atoms with Crippen molar-refractivity contribution in [3.05, 3.63) is 0 Å². The Morgan fingerprint density at radius 1 is 0.700 bits per heavy atom. The number of rotatable bonds is 1. The fourth-order valence-electron chi connectivity index (χ4n) is 4.91. The molecule has 0 bridgehead atoms. The summed E-state index contributed by atoms with van der Waals surface area (Å²) in [6, 6.07) is 0. The van der Waals surface area contributed by atoms with E-state index in [2.05, 4.69) is 27.7 Å². The van der Waals surface area contributed by atoms with Crippen molar-refractivity contribution in [1.29, 1.82) is 0 Å². The Labute approximate surface area is 128 Å². The van der Waals surface area contributed by atoms with E-state index < -0.39 is 0 Å². The standard InChI is InChI=1S/C20H38/c1-17-12-13-19(2,3)14-15-20(4,16-17)18-10-8-6-5-7-9-11-18/h17-18H,5-16H2,1-4H3. The van der Waals surface area contributed by atoms with Crippen molar-refractivity contribution in [3.8, 4) is 0 Å². The molecule has 2 unspecified atom stereocenters. The smallest absolute Gasteiger partial charge is 0.0295 e. The molecule has 0 nitrogen and oxygen atoms in total. The minimum Gasteiger partial charge on any atom is -0.0625 e.